The summed E-state index contributed by atoms with van der Waals surface area (Å²) in [5, 5.41) is 0.747. The van der Waals surface area contributed by atoms with Crippen LogP contribution in [-0.4, -0.2) is 151 Å². The Morgan fingerprint density at radius 1 is 0.562 bits per heavy atom. The number of benzene rings is 4. The summed E-state index contributed by atoms with van der Waals surface area (Å²) in [7, 11) is -6.48. The molecule has 2 aliphatic heterocycles. The molecule has 73 heavy (non-hydrogen) atoms. The third kappa shape index (κ3) is 15.0. The summed E-state index contributed by atoms with van der Waals surface area (Å²) in [6, 6.07) is 10.3. The maximum absolute atomic E-state index is 14.7. The molecular formula is C43H48Cl2F4N6O16S2. The number of carbonyl (C=O) groups excluding carboxylic acids is 4. The number of sulfonamides is 2. The predicted molar refractivity (Wildman–Crippen MR) is 248 cm³/mol. The normalized spacial score (nSPS) is 16.2. The zero-order chi connectivity index (χ0) is 52.9. The van der Waals surface area contributed by atoms with Crippen molar-refractivity contribution >= 4 is 67.4 Å². The average Bonchev–Trinajstić information content (AvgIpc) is 3.36. The maximum Gasteiger partial charge on any atom is 0.409 e. The quantitative estimate of drug-likeness (QED) is 0.0828. The van der Waals surface area contributed by atoms with E-state index in [-0.39, 0.29) is 58.4 Å². The van der Waals surface area contributed by atoms with Crippen molar-refractivity contribution in [2.24, 2.45) is 11.8 Å². The number of rotatable bonds is 16. The number of nitrogens with zero attached hydrogens (tertiary/aromatic N) is 4. The van der Waals surface area contributed by atoms with Crippen molar-refractivity contribution in [3.05, 3.63) is 106 Å². The SMILES string of the molecule is C.COCCOC(=O)N1CCN(S(=O)(=O)c2cc(F)c(Oc3ccc(Cl)cc3)c(F)c2)[C@@H](C(=O)ON)C1.COCCOC(=O)N1CCN(S(=O)(=O)c2cc(F)c(Oc3ccc(Cl)cc3)c(F)c2)[C@@H](C(=O)ON)C1. The lowest BCUT2D eigenvalue weighted by Gasteiger charge is -2.38. The van der Waals surface area contributed by atoms with Crippen molar-refractivity contribution in [1.82, 2.24) is 18.4 Å². The molecule has 2 saturated heterocycles. The number of piperazine rings is 2. The lowest BCUT2D eigenvalue weighted by atomic mass is 10.2. The molecule has 0 unspecified atom stereocenters. The van der Waals surface area contributed by atoms with E-state index in [9.17, 15) is 53.6 Å². The first-order chi connectivity index (χ1) is 34.2. The number of halogens is 6. The fourth-order valence-corrected chi connectivity index (χ4v) is 10.1. The molecule has 4 aromatic rings. The van der Waals surface area contributed by atoms with Crippen LogP contribution in [0.4, 0.5) is 27.2 Å². The Morgan fingerprint density at radius 3 is 1.16 bits per heavy atom. The minimum Gasteiger partial charge on any atom is -0.451 e. The minimum absolute atomic E-state index is 0. The molecule has 4 N–H and O–H groups in total. The van der Waals surface area contributed by atoms with E-state index in [0.29, 0.717) is 42.9 Å². The molecule has 22 nitrogen and oxygen atoms in total. The summed E-state index contributed by atoms with van der Waals surface area (Å²) in [6.07, 6.45) is -1.64. The highest BCUT2D eigenvalue weighted by Gasteiger charge is 2.45. The zero-order valence-electron chi connectivity index (χ0n) is 37.7. The van der Waals surface area contributed by atoms with Crippen LogP contribution in [-0.2, 0) is 58.3 Å². The zero-order valence-corrected chi connectivity index (χ0v) is 40.9. The molecule has 400 valence electrons. The largest absolute Gasteiger partial charge is 0.451 e. The smallest absolute Gasteiger partial charge is 0.409 e. The summed E-state index contributed by atoms with van der Waals surface area (Å²) in [5.41, 5.74) is 0. The van der Waals surface area contributed by atoms with Crippen molar-refractivity contribution in [2.75, 3.05) is 79.9 Å². The lowest BCUT2D eigenvalue weighted by molar-refractivity contribution is -0.151. The van der Waals surface area contributed by atoms with Gasteiger partial charge in [0.25, 0.3) is 0 Å². The van der Waals surface area contributed by atoms with Gasteiger partial charge in [0.2, 0.25) is 20.0 Å². The van der Waals surface area contributed by atoms with Crippen LogP contribution < -0.4 is 21.3 Å². The van der Waals surface area contributed by atoms with Crippen LogP contribution in [0.25, 0.3) is 0 Å². The summed E-state index contributed by atoms with van der Waals surface area (Å²) < 4.78 is 143. The summed E-state index contributed by atoms with van der Waals surface area (Å²) in [5.74, 6) is 0.772. The predicted octanol–water partition coefficient (Wildman–Crippen LogP) is 5.21. The standard InChI is InChI=1S/2C21H22ClF2N3O8S.CH4/c2*1-32-8-9-33-21(29)26-6-7-27(18(12-26)20(28)35-25)36(30,31)15-10-16(23)19(17(24)11-15)34-14-4-2-13(22)3-5-14;/h2*2-5,10-11,18H,6-9,12,25H2,1H3;1H4/t2*18-;/m11./s1. The first-order valence-electron chi connectivity index (χ1n) is 20.7. The number of ether oxygens (including phenoxy) is 6. The van der Waals surface area contributed by atoms with Crippen LogP contribution in [0.15, 0.2) is 82.6 Å². The van der Waals surface area contributed by atoms with Crippen LogP contribution >= 0.6 is 23.2 Å². The van der Waals surface area contributed by atoms with Gasteiger partial charge >= 0.3 is 24.1 Å². The van der Waals surface area contributed by atoms with Gasteiger partial charge in [0.1, 0.15) is 36.8 Å². The summed E-state index contributed by atoms with van der Waals surface area (Å²) in [6.45, 7) is -1.99. The average molecular weight is 1120 g/mol. The number of carbonyl (C=O) groups is 4. The topological polar surface area (TPSA) is 275 Å². The van der Waals surface area contributed by atoms with E-state index in [0.717, 1.165) is 9.80 Å². The molecule has 30 heteroatoms. The van der Waals surface area contributed by atoms with Crippen molar-refractivity contribution in [1.29, 1.82) is 0 Å². The van der Waals surface area contributed by atoms with Gasteiger partial charge < -0.3 is 47.9 Å². The number of hydrogen-bond acceptors (Lipinski definition) is 18. The second-order valence-corrected chi connectivity index (χ2v) is 19.4. The molecule has 2 fully saturated rings. The molecule has 0 saturated carbocycles. The second-order valence-electron chi connectivity index (χ2n) is 14.8. The van der Waals surface area contributed by atoms with E-state index in [1.807, 2.05) is 0 Å². The van der Waals surface area contributed by atoms with Gasteiger partial charge in [-0.3, -0.25) is 0 Å². The highest BCUT2D eigenvalue weighted by molar-refractivity contribution is 7.89. The van der Waals surface area contributed by atoms with Gasteiger partial charge in [0.15, 0.2) is 34.8 Å². The first-order valence-corrected chi connectivity index (χ1v) is 24.3. The van der Waals surface area contributed by atoms with E-state index in [4.69, 9.17) is 63.4 Å². The molecule has 2 aliphatic rings. The van der Waals surface area contributed by atoms with Crippen molar-refractivity contribution in [3.8, 4) is 23.0 Å². The lowest BCUT2D eigenvalue weighted by Crippen LogP contribution is -2.60. The summed E-state index contributed by atoms with van der Waals surface area (Å²) in [4.78, 5) is 58.0. The van der Waals surface area contributed by atoms with Gasteiger partial charge in [-0.25, -0.2) is 53.6 Å². The minimum atomic E-state index is -4.65. The molecule has 6 rings (SSSR count). The van der Waals surface area contributed by atoms with Crippen molar-refractivity contribution in [3.63, 3.8) is 0 Å². The Morgan fingerprint density at radius 2 is 0.877 bits per heavy atom. The number of amides is 2. The van der Waals surface area contributed by atoms with E-state index >= 15 is 0 Å². The molecular weight excluding hydrogens is 1070 g/mol. The van der Waals surface area contributed by atoms with Gasteiger partial charge in [-0.2, -0.15) is 20.4 Å². The number of nitrogens with two attached hydrogens (primary N) is 2. The van der Waals surface area contributed by atoms with E-state index in [2.05, 4.69) is 9.68 Å². The Balaban J connectivity index is 0.000000312. The Bertz CT molecular complexity index is 2580. The fraction of sp³-hybridized carbons (Fsp3) is 0.349. The second kappa shape index (κ2) is 26.7. The summed E-state index contributed by atoms with van der Waals surface area (Å²) >= 11 is 11.5. The maximum atomic E-state index is 14.7. The van der Waals surface area contributed by atoms with Gasteiger partial charge in [-0.05, 0) is 72.8 Å². The Kier molecular flexibility index (Phi) is 21.8. The first kappa shape index (κ1) is 59.5. The van der Waals surface area contributed by atoms with Crippen LogP contribution in [0.3, 0.4) is 0 Å². The van der Waals surface area contributed by atoms with Gasteiger partial charge in [-0.1, -0.05) is 30.6 Å². The molecule has 2 amide bonds. The fourth-order valence-electron chi connectivity index (χ4n) is 6.67. The van der Waals surface area contributed by atoms with Gasteiger partial charge in [-0.15, -0.1) is 0 Å². The molecule has 0 bridgehead atoms. The van der Waals surface area contributed by atoms with E-state index in [1.54, 1.807) is 0 Å². The number of methoxy groups -OCH3 is 2. The van der Waals surface area contributed by atoms with Gasteiger partial charge in [0.05, 0.1) is 36.1 Å². The van der Waals surface area contributed by atoms with Crippen LogP contribution in [0, 0.1) is 23.3 Å². The highest BCUT2D eigenvalue weighted by atomic mass is 35.5. The molecule has 0 aliphatic carbocycles. The highest BCUT2D eigenvalue weighted by Crippen LogP contribution is 2.34. The van der Waals surface area contributed by atoms with Crippen LogP contribution in [0.2, 0.25) is 10.0 Å². The monoisotopic (exact) mass is 1110 g/mol. The third-order valence-corrected chi connectivity index (χ3v) is 14.5. The number of hydrogen-bond donors (Lipinski definition) is 2. The molecule has 0 radical (unpaired) electrons. The van der Waals surface area contributed by atoms with Crippen LogP contribution in [0.1, 0.15) is 7.43 Å². The van der Waals surface area contributed by atoms with E-state index in [1.165, 1.54) is 62.8 Å². The van der Waals surface area contributed by atoms with Crippen molar-refractivity contribution in [2.45, 2.75) is 29.3 Å². The molecule has 0 spiro atoms. The van der Waals surface area contributed by atoms with Crippen LogP contribution in [0.5, 0.6) is 23.0 Å². The molecule has 2 atom stereocenters. The molecule has 2 heterocycles. The Hall–Kier alpha value is -6.08. The van der Waals surface area contributed by atoms with Gasteiger partial charge in [0, 0.05) is 50.4 Å². The van der Waals surface area contributed by atoms with Crippen molar-refractivity contribution < 1.29 is 91.7 Å². The third-order valence-electron chi connectivity index (χ3n) is 10.2. The Labute approximate surface area is 426 Å². The molecule has 0 aromatic heterocycles. The van der Waals surface area contributed by atoms with E-state index < -0.39 is 127 Å². The molecule has 4 aromatic carbocycles.